The van der Waals surface area contributed by atoms with E-state index in [0.717, 1.165) is 44.5 Å². The van der Waals surface area contributed by atoms with Gasteiger partial charge in [0.25, 0.3) is 5.91 Å². The first-order valence-corrected chi connectivity index (χ1v) is 10.2. The SMILES string of the molecule is CC(CCc1ccc(OC(C)C)cc1)NC(=O)c1cn(C2CCNCC2)nn1. The lowest BCUT2D eigenvalue weighted by molar-refractivity contribution is 0.0933. The number of aryl methyl sites for hydroxylation is 1. The molecule has 0 radical (unpaired) electrons. The first-order valence-electron chi connectivity index (χ1n) is 10.2. The maximum Gasteiger partial charge on any atom is 0.273 e. The van der Waals surface area contributed by atoms with Crippen molar-refractivity contribution < 1.29 is 9.53 Å². The highest BCUT2D eigenvalue weighted by Gasteiger charge is 2.19. The Labute approximate surface area is 166 Å². The van der Waals surface area contributed by atoms with Gasteiger partial charge in [-0.3, -0.25) is 4.79 Å². The number of hydrogen-bond donors (Lipinski definition) is 2. The van der Waals surface area contributed by atoms with Crippen LogP contribution in [0.15, 0.2) is 30.5 Å². The van der Waals surface area contributed by atoms with E-state index in [1.54, 1.807) is 6.20 Å². The van der Waals surface area contributed by atoms with Crippen LogP contribution in [0.4, 0.5) is 0 Å². The van der Waals surface area contributed by atoms with E-state index >= 15 is 0 Å². The fourth-order valence-electron chi connectivity index (χ4n) is 3.39. The molecule has 7 nitrogen and oxygen atoms in total. The zero-order valence-corrected chi connectivity index (χ0v) is 17.0. The summed E-state index contributed by atoms with van der Waals surface area (Å²) in [4.78, 5) is 12.5. The largest absolute Gasteiger partial charge is 0.491 e. The normalized spacial score (nSPS) is 16.1. The lowest BCUT2D eigenvalue weighted by Gasteiger charge is -2.22. The van der Waals surface area contributed by atoms with Crippen molar-refractivity contribution in [2.45, 2.75) is 64.6 Å². The molecule has 1 aromatic carbocycles. The fraction of sp³-hybridized carbons (Fsp3) is 0.571. The zero-order chi connectivity index (χ0) is 19.9. The van der Waals surface area contributed by atoms with E-state index in [-0.39, 0.29) is 18.1 Å². The van der Waals surface area contributed by atoms with Gasteiger partial charge in [0.05, 0.1) is 18.3 Å². The van der Waals surface area contributed by atoms with Crippen LogP contribution < -0.4 is 15.4 Å². The summed E-state index contributed by atoms with van der Waals surface area (Å²) in [5.74, 6) is 0.727. The van der Waals surface area contributed by atoms with Crippen LogP contribution in [0.3, 0.4) is 0 Å². The Morgan fingerprint density at radius 3 is 2.64 bits per heavy atom. The number of hydrogen-bond acceptors (Lipinski definition) is 5. The predicted molar refractivity (Wildman–Crippen MR) is 109 cm³/mol. The van der Waals surface area contributed by atoms with Crippen LogP contribution >= 0.6 is 0 Å². The van der Waals surface area contributed by atoms with Gasteiger partial charge in [0, 0.05) is 6.04 Å². The highest BCUT2D eigenvalue weighted by atomic mass is 16.5. The molecule has 2 N–H and O–H groups in total. The molecule has 1 amide bonds. The molecule has 1 aromatic heterocycles. The summed E-state index contributed by atoms with van der Waals surface area (Å²) in [6.07, 6.45) is 5.73. The molecule has 2 aromatic rings. The summed E-state index contributed by atoms with van der Waals surface area (Å²) in [6, 6.07) is 8.54. The average molecular weight is 386 g/mol. The van der Waals surface area contributed by atoms with Gasteiger partial charge in [0.2, 0.25) is 0 Å². The number of benzene rings is 1. The Morgan fingerprint density at radius 2 is 1.96 bits per heavy atom. The first-order chi connectivity index (χ1) is 13.5. The van der Waals surface area contributed by atoms with E-state index in [1.165, 1.54) is 5.56 Å². The number of carbonyl (C=O) groups is 1. The van der Waals surface area contributed by atoms with Crippen LogP contribution in [0.25, 0.3) is 0 Å². The maximum atomic E-state index is 12.5. The van der Waals surface area contributed by atoms with Crippen molar-refractivity contribution in [2.24, 2.45) is 0 Å². The van der Waals surface area contributed by atoms with E-state index in [0.29, 0.717) is 11.7 Å². The van der Waals surface area contributed by atoms with Crippen LogP contribution in [0.1, 0.15) is 62.1 Å². The number of piperidine rings is 1. The number of rotatable bonds is 8. The van der Waals surface area contributed by atoms with Gasteiger partial charge in [-0.2, -0.15) is 0 Å². The molecule has 7 heteroatoms. The molecule has 0 bridgehead atoms. The predicted octanol–water partition coefficient (Wildman–Crippen LogP) is 2.74. The van der Waals surface area contributed by atoms with Crippen molar-refractivity contribution in [3.8, 4) is 5.75 Å². The van der Waals surface area contributed by atoms with Gasteiger partial charge in [-0.25, -0.2) is 4.68 Å². The average Bonchev–Trinajstić information content (AvgIpc) is 3.18. The Hall–Kier alpha value is -2.41. The molecule has 1 unspecified atom stereocenters. The number of aromatic nitrogens is 3. The highest BCUT2D eigenvalue weighted by molar-refractivity contribution is 5.92. The molecule has 1 fully saturated rings. The molecule has 1 saturated heterocycles. The molecule has 2 heterocycles. The van der Waals surface area contributed by atoms with Crippen LogP contribution in [0.5, 0.6) is 5.75 Å². The van der Waals surface area contributed by atoms with Crippen molar-refractivity contribution in [1.82, 2.24) is 25.6 Å². The van der Waals surface area contributed by atoms with E-state index in [2.05, 4.69) is 33.1 Å². The van der Waals surface area contributed by atoms with Crippen molar-refractivity contribution in [2.75, 3.05) is 13.1 Å². The van der Waals surface area contributed by atoms with Gasteiger partial charge in [0.15, 0.2) is 5.69 Å². The summed E-state index contributed by atoms with van der Waals surface area (Å²) >= 11 is 0. The molecule has 1 aliphatic rings. The monoisotopic (exact) mass is 385 g/mol. The van der Waals surface area contributed by atoms with Crippen molar-refractivity contribution in [3.05, 3.63) is 41.7 Å². The number of ether oxygens (including phenoxy) is 1. The highest BCUT2D eigenvalue weighted by Crippen LogP contribution is 2.17. The van der Waals surface area contributed by atoms with Gasteiger partial charge in [0.1, 0.15) is 5.75 Å². The van der Waals surface area contributed by atoms with E-state index in [4.69, 9.17) is 4.74 Å². The topological polar surface area (TPSA) is 81.1 Å². The number of nitrogens with one attached hydrogen (secondary N) is 2. The molecule has 152 valence electrons. The van der Waals surface area contributed by atoms with Crippen molar-refractivity contribution >= 4 is 5.91 Å². The zero-order valence-electron chi connectivity index (χ0n) is 17.0. The maximum absolute atomic E-state index is 12.5. The van der Waals surface area contributed by atoms with Crippen molar-refractivity contribution in [1.29, 1.82) is 0 Å². The molecule has 0 spiro atoms. The molecule has 28 heavy (non-hydrogen) atoms. The Bertz CT molecular complexity index is 750. The summed E-state index contributed by atoms with van der Waals surface area (Å²) in [6.45, 7) is 8.01. The molecule has 0 aliphatic carbocycles. The number of nitrogens with zero attached hydrogens (tertiary/aromatic N) is 3. The summed E-state index contributed by atoms with van der Waals surface area (Å²) < 4.78 is 7.50. The molecule has 0 saturated carbocycles. The van der Waals surface area contributed by atoms with Gasteiger partial charge < -0.3 is 15.4 Å². The van der Waals surface area contributed by atoms with Gasteiger partial charge in [-0.1, -0.05) is 17.3 Å². The number of carbonyl (C=O) groups excluding carboxylic acids is 1. The lowest BCUT2D eigenvalue weighted by Crippen LogP contribution is -2.33. The third-order valence-corrected chi connectivity index (χ3v) is 4.96. The Balaban J connectivity index is 1.46. The molecule has 1 atom stereocenters. The first kappa shape index (κ1) is 20.3. The quantitative estimate of drug-likeness (QED) is 0.730. The molecular formula is C21H31N5O2. The minimum atomic E-state index is -0.159. The van der Waals surface area contributed by atoms with Crippen molar-refractivity contribution in [3.63, 3.8) is 0 Å². The lowest BCUT2D eigenvalue weighted by atomic mass is 10.1. The number of amides is 1. The summed E-state index contributed by atoms with van der Waals surface area (Å²) in [7, 11) is 0. The summed E-state index contributed by atoms with van der Waals surface area (Å²) in [5, 5.41) is 14.6. The summed E-state index contributed by atoms with van der Waals surface area (Å²) in [5.41, 5.74) is 1.62. The second kappa shape index (κ2) is 9.68. The van der Waals surface area contributed by atoms with Crippen LogP contribution in [0.2, 0.25) is 0 Å². The molecule has 3 rings (SSSR count). The minimum absolute atomic E-state index is 0.0584. The van der Waals surface area contributed by atoms with E-state index in [9.17, 15) is 4.79 Å². The Kier molecular flexibility index (Phi) is 7.03. The fourth-order valence-corrected chi connectivity index (χ4v) is 3.39. The van der Waals surface area contributed by atoms with Crippen LogP contribution in [0, 0.1) is 0 Å². The van der Waals surface area contributed by atoms with Gasteiger partial charge in [-0.15, -0.1) is 5.10 Å². The van der Waals surface area contributed by atoms with Crippen LogP contribution in [-0.2, 0) is 6.42 Å². The van der Waals surface area contributed by atoms with Gasteiger partial charge >= 0.3 is 0 Å². The standard InChI is InChI=1S/C21H31N5O2/c1-15(2)28-19-8-6-17(7-9-19)5-4-16(3)23-21(27)20-14-26(25-24-20)18-10-12-22-13-11-18/h6-9,14-16,18,22H,4-5,10-13H2,1-3H3,(H,23,27). The third kappa shape index (κ3) is 5.79. The van der Waals surface area contributed by atoms with Gasteiger partial charge in [-0.05, 0) is 77.2 Å². The smallest absolute Gasteiger partial charge is 0.273 e. The van der Waals surface area contributed by atoms with E-state index < -0.39 is 0 Å². The third-order valence-electron chi connectivity index (χ3n) is 4.96. The van der Waals surface area contributed by atoms with E-state index in [1.807, 2.05) is 37.6 Å². The second-order valence-corrected chi connectivity index (χ2v) is 7.79. The molecular weight excluding hydrogens is 354 g/mol. The van der Waals surface area contributed by atoms with Crippen LogP contribution in [-0.4, -0.2) is 46.1 Å². The Morgan fingerprint density at radius 1 is 1.25 bits per heavy atom. The molecule has 1 aliphatic heterocycles. The minimum Gasteiger partial charge on any atom is -0.491 e. The second-order valence-electron chi connectivity index (χ2n) is 7.79.